The smallest absolute Gasteiger partial charge is 0.222 e. The van der Waals surface area contributed by atoms with Crippen LogP contribution in [0.2, 0.25) is 0 Å². The number of hydrogen-bond acceptors (Lipinski definition) is 3. The van der Waals surface area contributed by atoms with E-state index in [1.165, 1.54) is 0 Å². The van der Waals surface area contributed by atoms with Gasteiger partial charge in [0.25, 0.3) is 0 Å². The summed E-state index contributed by atoms with van der Waals surface area (Å²) in [4.78, 5) is 16.3. The third kappa shape index (κ3) is 2.81. The standard InChI is InChI=1S/C14H22N4O/c1-11-9-12(16-15-11)10-17-7-4-13(5-8-17)18-6-2-3-14(18)19/h9,13H,2-8,10H2,1H3,(H,15,16). The number of carbonyl (C=O) groups excluding carboxylic acids is 1. The number of aromatic amines is 1. The molecule has 0 unspecified atom stereocenters. The van der Waals surface area contributed by atoms with Gasteiger partial charge in [0, 0.05) is 44.3 Å². The summed E-state index contributed by atoms with van der Waals surface area (Å²) in [6.07, 6.45) is 4.02. The highest BCUT2D eigenvalue weighted by Gasteiger charge is 2.30. The molecule has 2 fully saturated rings. The Hall–Kier alpha value is -1.36. The predicted octanol–water partition coefficient (Wildman–Crippen LogP) is 1.30. The lowest BCUT2D eigenvalue weighted by molar-refractivity contribution is -0.130. The van der Waals surface area contributed by atoms with E-state index >= 15 is 0 Å². The van der Waals surface area contributed by atoms with Crippen molar-refractivity contribution >= 4 is 5.91 Å². The molecule has 0 radical (unpaired) electrons. The highest BCUT2D eigenvalue weighted by atomic mass is 16.2. The summed E-state index contributed by atoms with van der Waals surface area (Å²) < 4.78 is 0. The summed E-state index contributed by atoms with van der Waals surface area (Å²) in [5.74, 6) is 0.362. The summed E-state index contributed by atoms with van der Waals surface area (Å²) >= 11 is 0. The molecular weight excluding hydrogens is 240 g/mol. The van der Waals surface area contributed by atoms with Crippen LogP contribution in [-0.2, 0) is 11.3 Å². The number of amides is 1. The predicted molar refractivity (Wildman–Crippen MR) is 72.6 cm³/mol. The Balaban J connectivity index is 1.50. The van der Waals surface area contributed by atoms with Crippen molar-refractivity contribution < 1.29 is 4.79 Å². The van der Waals surface area contributed by atoms with Crippen molar-refractivity contribution in [1.29, 1.82) is 0 Å². The van der Waals surface area contributed by atoms with Crippen LogP contribution in [-0.4, -0.2) is 51.6 Å². The molecule has 2 aliphatic heterocycles. The lowest BCUT2D eigenvalue weighted by atomic mass is 10.0. The minimum atomic E-state index is 0.362. The van der Waals surface area contributed by atoms with Crippen LogP contribution in [0.25, 0.3) is 0 Å². The van der Waals surface area contributed by atoms with Crippen LogP contribution < -0.4 is 0 Å². The van der Waals surface area contributed by atoms with Crippen LogP contribution >= 0.6 is 0 Å². The fourth-order valence-corrected chi connectivity index (χ4v) is 3.23. The lowest BCUT2D eigenvalue weighted by Gasteiger charge is -2.36. The zero-order valence-corrected chi connectivity index (χ0v) is 11.6. The molecule has 19 heavy (non-hydrogen) atoms. The number of hydrogen-bond donors (Lipinski definition) is 1. The van der Waals surface area contributed by atoms with Crippen LogP contribution in [0.5, 0.6) is 0 Å². The van der Waals surface area contributed by atoms with E-state index in [1.807, 2.05) is 6.92 Å². The molecule has 1 N–H and O–H groups in total. The number of likely N-dealkylation sites (tertiary alicyclic amines) is 2. The average molecular weight is 262 g/mol. The average Bonchev–Trinajstić information content (AvgIpc) is 3.00. The van der Waals surface area contributed by atoms with E-state index in [0.29, 0.717) is 11.9 Å². The summed E-state index contributed by atoms with van der Waals surface area (Å²) in [5, 5.41) is 7.28. The second-order valence-electron chi connectivity index (χ2n) is 5.74. The first-order valence-electron chi connectivity index (χ1n) is 7.25. The Morgan fingerprint density at radius 3 is 2.74 bits per heavy atom. The van der Waals surface area contributed by atoms with E-state index < -0.39 is 0 Å². The summed E-state index contributed by atoms with van der Waals surface area (Å²) in [6.45, 7) is 6.06. The molecule has 0 spiro atoms. The molecule has 0 aliphatic carbocycles. The van der Waals surface area contributed by atoms with Gasteiger partial charge in [-0.3, -0.25) is 14.8 Å². The molecule has 1 aromatic rings. The number of nitrogens with zero attached hydrogens (tertiary/aromatic N) is 3. The first-order valence-corrected chi connectivity index (χ1v) is 7.25. The molecule has 3 heterocycles. The lowest BCUT2D eigenvalue weighted by Crippen LogP contribution is -2.45. The molecule has 2 aliphatic rings. The molecular formula is C14H22N4O. The topological polar surface area (TPSA) is 52.2 Å². The van der Waals surface area contributed by atoms with Gasteiger partial charge in [0.15, 0.2) is 0 Å². The van der Waals surface area contributed by atoms with Gasteiger partial charge in [-0.25, -0.2) is 0 Å². The number of rotatable bonds is 3. The van der Waals surface area contributed by atoms with Gasteiger partial charge in [-0.2, -0.15) is 5.10 Å². The molecule has 3 rings (SSSR count). The highest BCUT2D eigenvalue weighted by molar-refractivity contribution is 5.78. The number of nitrogens with one attached hydrogen (secondary N) is 1. The van der Waals surface area contributed by atoms with E-state index in [0.717, 1.165) is 63.3 Å². The normalized spacial score (nSPS) is 22.4. The number of aromatic nitrogens is 2. The minimum Gasteiger partial charge on any atom is -0.340 e. The van der Waals surface area contributed by atoms with Gasteiger partial charge in [-0.1, -0.05) is 0 Å². The first-order chi connectivity index (χ1) is 9.22. The van der Waals surface area contributed by atoms with Crippen LogP contribution in [0, 0.1) is 6.92 Å². The molecule has 0 aromatic carbocycles. The van der Waals surface area contributed by atoms with Crippen molar-refractivity contribution in [2.45, 2.75) is 45.2 Å². The first kappa shape index (κ1) is 12.7. The molecule has 0 saturated carbocycles. The van der Waals surface area contributed by atoms with E-state index in [1.54, 1.807) is 0 Å². The zero-order valence-electron chi connectivity index (χ0n) is 11.6. The molecule has 0 bridgehead atoms. The minimum absolute atomic E-state index is 0.362. The maximum Gasteiger partial charge on any atom is 0.222 e. The fourth-order valence-electron chi connectivity index (χ4n) is 3.23. The molecule has 2 saturated heterocycles. The van der Waals surface area contributed by atoms with Gasteiger partial charge in [0.2, 0.25) is 5.91 Å². The van der Waals surface area contributed by atoms with Crippen LogP contribution in [0.15, 0.2) is 6.07 Å². The van der Waals surface area contributed by atoms with Gasteiger partial charge >= 0.3 is 0 Å². The Bertz CT molecular complexity index is 448. The summed E-state index contributed by atoms with van der Waals surface area (Å²) in [5.41, 5.74) is 2.24. The van der Waals surface area contributed by atoms with Gasteiger partial charge < -0.3 is 4.90 Å². The summed E-state index contributed by atoms with van der Waals surface area (Å²) in [6, 6.07) is 2.59. The monoisotopic (exact) mass is 262 g/mol. The molecule has 5 nitrogen and oxygen atoms in total. The number of aryl methyl sites for hydroxylation is 1. The largest absolute Gasteiger partial charge is 0.340 e. The van der Waals surface area contributed by atoms with Crippen LogP contribution in [0.4, 0.5) is 0 Å². The quantitative estimate of drug-likeness (QED) is 0.893. The highest BCUT2D eigenvalue weighted by Crippen LogP contribution is 2.22. The van der Waals surface area contributed by atoms with E-state index in [4.69, 9.17) is 0 Å². The van der Waals surface area contributed by atoms with Gasteiger partial charge in [-0.05, 0) is 32.3 Å². The van der Waals surface area contributed by atoms with E-state index in [2.05, 4.69) is 26.1 Å². The van der Waals surface area contributed by atoms with E-state index in [-0.39, 0.29) is 0 Å². The Kier molecular flexibility index (Phi) is 3.55. The van der Waals surface area contributed by atoms with Crippen molar-refractivity contribution in [3.05, 3.63) is 17.5 Å². The van der Waals surface area contributed by atoms with Crippen LogP contribution in [0.3, 0.4) is 0 Å². The van der Waals surface area contributed by atoms with Crippen molar-refractivity contribution in [1.82, 2.24) is 20.0 Å². The second kappa shape index (κ2) is 5.33. The number of H-pyrrole nitrogens is 1. The Labute approximate surface area is 114 Å². The Morgan fingerprint density at radius 2 is 2.16 bits per heavy atom. The third-order valence-electron chi connectivity index (χ3n) is 4.25. The third-order valence-corrected chi connectivity index (χ3v) is 4.25. The molecule has 1 amide bonds. The number of carbonyl (C=O) groups is 1. The molecule has 1 aromatic heterocycles. The van der Waals surface area contributed by atoms with Gasteiger partial charge in [0.05, 0.1) is 5.69 Å². The number of piperidine rings is 1. The van der Waals surface area contributed by atoms with Crippen molar-refractivity contribution in [2.24, 2.45) is 0 Å². The Morgan fingerprint density at radius 1 is 1.37 bits per heavy atom. The van der Waals surface area contributed by atoms with Crippen molar-refractivity contribution in [2.75, 3.05) is 19.6 Å². The van der Waals surface area contributed by atoms with E-state index in [9.17, 15) is 4.79 Å². The van der Waals surface area contributed by atoms with Crippen molar-refractivity contribution in [3.8, 4) is 0 Å². The van der Waals surface area contributed by atoms with Crippen LogP contribution in [0.1, 0.15) is 37.1 Å². The van der Waals surface area contributed by atoms with Gasteiger partial charge in [0.1, 0.15) is 0 Å². The van der Waals surface area contributed by atoms with Crippen molar-refractivity contribution in [3.63, 3.8) is 0 Å². The second-order valence-corrected chi connectivity index (χ2v) is 5.74. The summed E-state index contributed by atoms with van der Waals surface area (Å²) in [7, 11) is 0. The maximum absolute atomic E-state index is 11.7. The zero-order chi connectivity index (χ0) is 13.2. The fraction of sp³-hybridized carbons (Fsp3) is 0.714. The molecule has 104 valence electrons. The molecule has 0 atom stereocenters. The SMILES string of the molecule is Cc1cc(CN2CCC(N3CCCC3=O)CC2)n[nH]1. The van der Waals surface area contributed by atoms with Gasteiger partial charge in [-0.15, -0.1) is 0 Å². The molecule has 5 heteroatoms. The maximum atomic E-state index is 11.7.